The maximum absolute atomic E-state index is 10.0. The Bertz CT molecular complexity index is 843. The van der Waals surface area contributed by atoms with Crippen molar-refractivity contribution in [3.63, 3.8) is 0 Å². The van der Waals surface area contributed by atoms with E-state index in [0.29, 0.717) is 23.6 Å². The molecule has 0 saturated carbocycles. The average molecular weight is 387 g/mol. The normalized spacial score (nSPS) is 12.4. The van der Waals surface area contributed by atoms with E-state index in [2.05, 4.69) is 10.3 Å². The summed E-state index contributed by atoms with van der Waals surface area (Å²) in [5.74, 6) is 0.172. The Morgan fingerprint density at radius 2 is 1.93 bits per heavy atom. The number of aliphatic hydroxyl groups excluding tert-OH is 1. The molecule has 0 fully saturated rings. The van der Waals surface area contributed by atoms with Crippen molar-refractivity contribution < 1.29 is 14.8 Å². The molecule has 0 aromatic heterocycles. The van der Waals surface area contributed by atoms with Gasteiger partial charge in [0.05, 0.1) is 5.71 Å². The summed E-state index contributed by atoms with van der Waals surface area (Å²) in [6.07, 6.45) is 3.70. The summed E-state index contributed by atoms with van der Waals surface area (Å²) in [4.78, 5) is 10.3. The second-order valence-electron chi connectivity index (χ2n) is 5.85. The molecular weight excluding hydrogens is 364 g/mol. The summed E-state index contributed by atoms with van der Waals surface area (Å²) >= 11 is 5.83. The molecule has 0 saturated heterocycles. The van der Waals surface area contributed by atoms with Crippen LogP contribution >= 0.6 is 11.6 Å². The van der Waals surface area contributed by atoms with E-state index in [1.165, 1.54) is 7.11 Å². The molecule has 0 heterocycles. The van der Waals surface area contributed by atoms with Crippen LogP contribution in [0, 0.1) is 6.92 Å². The van der Waals surface area contributed by atoms with Gasteiger partial charge in [0.2, 0.25) is 0 Å². The molecule has 0 atom stereocenters. The summed E-state index contributed by atoms with van der Waals surface area (Å²) in [5, 5.41) is 18.6. The standard InChI is InChI=1S/C21H23ClN2O3/c1-15-6-4-7-19(16(2)24-26-3)20(15)14-27-23-13-5-8-21(25)17-9-11-18(22)12-10-17/h4,6-13,25H,5,14H2,1-3H3/b21-8-,23-13+,24-16-. The van der Waals surface area contributed by atoms with Gasteiger partial charge in [-0.15, -0.1) is 0 Å². The molecule has 2 aromatic carbocycles. The lowest BCUT2D eigenvalue weighted by molar-refractivity contribution is 0.131. The molecule has 0 unspecified atom stereocenters. The van der Waals surface area contributed by atoms with Gasteiger partial charge in [0.15, 0.2) is 0 Å². The Labute approximate surface area is 164 Å². The summed E-state index contributed by atoms with van der Waals surface area (Å²) < 4.78 is 0. The first-order valence-electron chi connectivity index (χ1n) is 8.48. The molecule has 0 aliphatic heterocycles. The SMILES string of the molecule is CO/N=C(/C)c1cccc(C)c1CO/N=C/C/C=C(\O)c1ccc(Cl)cc1. The van der Waals surface area contributed by atoms with Gasteiger partial charge in [-0.2, -0.15) is 0 Å². The van der Waals surface area contributed by atoms with E-state index in [0.717, 1.165) is 22.4 Å². The van der Waals surface area contributed by atoms with Gasteiger partial charge in [-0.05, 0) is 49.8 Å². The fraction of sp³-hybridized carbons (Fsp3) is 0.238. The first kappa shape index (κ1) is 20.5. The van der Waals surface area contributed by atoms with Crippen molar-refractivity contribution in [3.8, 4) is 0 Å². The predicted molar refractivity (Wildman–Crippen MR) is 110 cm³/mol. The molecule has 2 rings (SSSR count). The molecule has 142 valence electrons. The van der Waals surface area contributed by atoms with Crippen LogP contribution in [0.3, 0.4) is 0 Å². The van der Waals surface area contributed by atoms with Crippen molar-refractivity contribution >= 4 is 29.3 Å². The number of rotatable bonds is 8. The lowest BCUT2D eigenvalue weighted by atomic mass is 10.00. The average Bonchev–Trinajstić information content (AvgIpc) is 2.66. The first-order chi connectivity index (χ1) is 13.0. The van der Waals surface area contributed by atoms with Crippen LogP contribution in [0.4, 0.5) is 0 Å². The molecule has 0 amide bonds. The van der Waals surface area contributed by atoms with Crippen molar-refractivity contribution in [1.82, 2.24) is 0 Å². The van der Waals surface area contributed by atoms with Crippen molar-refractivity contribution in [3.05, 3.63) is 75.8 Å². The van der Waals surface area contributed by atoms with Crippen LogP contribution in [-0.4, -0.2) is 24.1 Å². The van der Waals surface area contributed by atoms with E-state index in [4.69, 9.17) is 21.3 Å². The maximum Gasteiger partial charge on any atom is 0.143 e. The van der Waals surface area contributed by atoms with Gasteiger partial charge in [-0.25, -0.2) is 0 Å². The van der Waals surface area contributed by atoms with Crippen LogP contribution in [0.25, 0.3) is 5.76 Å². The highest BCUT2D eigenvalue weighted by molar-refractivity contribution is 6.30. The van der Waals surface area contributed by atoms with E-state index >= 15 is 0 Å². The largest absolute Gasteiger partial charge is 0.508 e. The van der Waals surface area contributed by atoms with Crippen LogP contribution in [0.2, 0.25) is 5.02 Å². The zero-order valence-corrected chi connectivity index (χ0v) is 16.4. The number of oxime groups is 2. The van der Waals surface area contributed by atoms with Crippen LogP contribution in [-0.2, 0) is 16.3 Å². The van der Waals surface area contributed by atoms with Gasteiger partial charge in [0.25, 0.3) is 0 Å². The number of halogens is 1. The maximum atomic E-state index is 10.0. The molecule has 5 nitrogen and oxygen atoms in total. The molecule has 0 aliphatic rings. The molecule has 0 radical (unpaired) electrons. The van der Waals surface area contributed by atoms with Gasteiger partial charge in [0, 0.05) is 34.3 Å². The minimum atomic E-state index is 0.172. The van der Waals surface area contributed by atoms with Gasteiger partial charge in [-0.1, -0.05) is 40.1 Å². The summed E-state index contributed by atoms with van der Waals surface area (Å²) in [5.41, 5.74) is 4.54. The minimum Gasteiger partial charge on any atom is -0.508 e. The molecular formula is C21H23ClN2O3. The Morgan fingerprint density at radius 3 is 2.63 bits per heavy atom. The second-order valence-corrected chi connectivity index (χ2v) is 6.29. The molecule has 2 aromatic rings. The second kappa shape index (κ2) is 10.4. The molecule has 0 bridgehead atoms. The fourth-order valence-electron chi connectivity index (χ4n) is 2.52. The smallest absolute Gasteiger partial charge is 0.143 e. The summed E-state index contributed by atoms with van der Waals surface area (Å²) in [6.45, 7) is 4.22. The van der Waals surface area contributed by atoms with Gasteiger partial charge in [0.1, 0.15) is 19.5 Å². The van der Waals surface area contributed by atoms with Crippen molar-refractivity contribution in [2.75, 3.05) is 7.11 Å². The number of hydrogen-bond acceptors (Lipinski definition) is 5. The summed E-state index contributed by atoms with van der Waals surface area (Å²) in [7, 11) is 1.52. The Kier molecular flexibility index (Phi) is 7.89. The zero-order valence-electron chi connectivity index (χ0n) is 15.6. The molecule has 27 heavy (non-hydrogen) atoms. The van der Waals surface area contributed by atoms with E-state index in [1.54, 1.807) is 36.6 Å². The van der Waals surface area contributed by atoms with E-state index < -0.39 is 0 Å². The van der Waals surface area contributed by atoms with Crippen molar-refractivity contribution in [2.24, 2.45) is 10.3 Å². The lowest BCUT2D eigenvalue weighted by Crippen LogP contribution is -2.04. The molecule has 1 N–H and O–H groups in total. The van der Waals surface area contributed by atoms with Gasteiger partial charge in [-0.3, -0.25) is 0 Å². The van der Waals surface area contributed by atoms with Crippen LogP contribution in [0.5, 0.6) is 0 Å². The van der Waals surface area contributed by atoms with Crippen LogP contribution in [0.1, 0.15) is 35.6 Å². The first-order valence-corrected chi connectivity index (χ1v) is 8.86. The topological polar surface area (TPSA) is 63.4 Å². The van der Waals surface area contributed by atoms with E-state index in [9.17, 15) is 5.11 Å². The monoisotopic (exact) mass is 386 g/mol. The molecule has 6 heteroatoms. The van der Waals surface area contributed by atoms with E-state index in [1.807, 2.05) is 32.0 Å². The van der Waals surface area contributed by atoms with Crippen molar-refractivity contribution in [1.29, 1.82) is 0 Å². The highest BCUT2D eigenvalue weighted by Crippen LogP contribution is 2.17. The van der Waals surface area contributed by atoms with Crippen LogP contribution in [0.15, 0.2) is 58.9 Å². The van der Waals surface area contributed by atoms with Crippen LogP contribution < -0.4 is 0 Å². The van der Waals surface area contributed by atoms with Gasteiger partial charge >= 0.3 is 0 Å². The number of nitrogens with zero attached hydrogens (tertiary/aromatic N) is 2. The Morgan fingerprint density at radius 1 is 1.19 bits per heavy atom. The summed E-state index contributed by atoms with van der Waals surface area (Å²) in [6, 6.07) is 12.9. The lowest BCUT2D eigenvalue weighted by Gasteiger charge is -2.11. The number of hydrogen-bond donors (Lipinski definition) is 1. The number of aryl methyl sites for hydroxylation is 1. The molecule has 0 aliphatic carbocycles. The van der Waals surface area contributed by atoms with Crippen molar-refractivity contribution in [2.45, 2.75) is 26.9 Å². The number of benzene rings is 2. The number of allylic oxidation sites excluding steroid dienone is 1. The highest BCUT2D eigenvalue weighted by Gasteiger charge is 2.09. The predicted octanol–water partition coefficient (Wildman–Crippen LogP) is 5.51. The zero-order chi connectivity index (χ0) is 19.6. The van der Waals surface area contributed by atoms with Gasteiger partial charge < -0.3 is 14.8 Å². The quantitative estimate of drug-likeness (QED) is 0.369. The Balaban J connectivity index is 1.94. The third-order valence-electron chi connectivity index (χ3n) is 3.94. The number of aliphatic hydroxyl groups is 1. The third-order valence-corrected chi connectivity index (χ3v) is 4.19. The highest BCUT2D eigenvalue weighted by atomic mass is 35.5. The van der Waals surface area contributed by atoms with E-state index in [-0.39, 0.29) is 5.76 Å². The Hall–Kier alpha value is -2.79. The fourth-order valence-corrected chi connectivity index (χ4v) is 2.65. The third kappa shape index (κ3) is 6.15. The minimum absolute atomic E-state index is 0.172. The molecule has 0 spiro atoms.